The summed E-state index contributed by atoms with van der Waals surface area (Å²) in [6.45, 7) is 0. The van der Waals surface area contributed by atoms with E-state index in [4.69, 9.17) is 16.0 Å². The van der Waals surface area contributed by atoms with Crippen molar-refractivity contribution >= 4 is 29.2 Å². The molecule has 0 radical (unpaired) electrons. The first kappa shape index (κ1) is 17.4. The van der Waals surface area contributed by atoms with Gasteiger partial charge in [0.2, 0.25) is 0 Å². The Hall–Kier alpha value is -3.46. The fourth-order valence-corrected chi connectivity index (χ4v) is 2.37. The Morgan fingerprint density at radius 1 is 1.19 bits per heavy atom. The highest BCUT2D eigenvalue weighted by atomic mass is 35.5. The van der Waals surface area contributed by atoms with Crippen molar-refractivity contribution in [2.45, 2.75) is 0 Å². The second-order valence-corrected chi connectivity index (χ2v) is 5.40. The molecule has 2 aromatic carbocycles. The normalized spacial score (nSPS) is 10.4. The molecule has 0 aliphatic heterocycles. The lowest BCUT2D eigenvalue weighted by Crippen LogP contribution is -2.34. The van der Waals surface area contributed by atoms with Crippen LogP contribution < -0.4 is 16.4 Å². The van der Waals surface area contributed by atoms with Gasteiger partial charge in [-0.3, -0.25) is 10.1 Å². The Balaban J connectivity index is 1.76. The van der Waals surface area contributed by atoms with Crippen LogP contribution in [0.4, 0.5) is 14.9 Å². The number of imide groups is 1. The third-order valence-electron chi connectivity index (χ3n) is 3.25. The van der Waals surface area contributed by atoms with Gasteiger partial charge in [0.05, 0.1) is 21.8 Å². The molecule has 0 bridgehead atoms. The molecule has 3 N–H and O–H groups in total. The van der Waals surface area contributed by atoms with Crippen molar-refractivity contribution in [2.24, 2.45) is 0 Å². The summed E-state index contributed by atoms with van der Waals surface area (Å²) in [5.74, 6) is -2.19. The minimum Gasteiger partial charge on any atom is -0.388 e. The van der Waals surface area contributed by atoms with E-state index in [2.05, 4.69) is 20.8 Å². The average Bonchev–Trinajstić information content (AvgIpc) is 3.01. The lowest BCUT2D eigenvalue weighted by Gasteiger charge is -2.10. The summed E-state index contributed by atoms with van der Waals surface area (Å²) in [4.78, 5) is 35.2. The Morgan fingerprint density at radius 2 is 1.96 bits per heavy atom. The Kier molecular flexibility index (Phi) is 4.81. The van der Waals surface area contributed by atoms with Gasteiger partial charge in [0.15, 0.2) is 0 Å². The summed E-state index contributed by atoms with van der Waals surface area (Å²) < 4.78 is 17.9. The topological polar surface area (TPSA) is 117 Å². The molecule has 8 nitrogen and oxygen atoms in total. The van der Waals surface area contributed by atoms with E-state index in [1.54, 1.807) is 18.2 Å². The van der Waals surface area contributed by atoms with E-state index in [1.807, 2.05) is 0 Å². The van der Waals surface area contributed by atoms with E-state index >= 15 is 0 Å². The number of carbonyl (C=O) groups is 2. The van der Waals surface area contributed by atoms with Gasteiger partial charge in [-0.15, -0.1) is 5.10 Å². The Morgan fingerprint density at radius 3 is 2.65 bits per heavy atom. The van der Waals surface area contributed by atoms with Crippen LogP contribution >= 0.6 is 11.6 Å². The zero-order valence-corrected chi connectivity index (χ0v) is 13.6. The largest absolute Gasteiger partial charge is 0.434 e. The zero-order chi connectivity index (χ0) is 18.7. The number of benzene rings is 2. The highest BCUT2D eigenvalue weighted by Gasteiger charge is 2.17. The van der Waals surface area contributed by atoms with Crippen LogP contribution in [0.3, 0.4) is 0 Å². The molecule has 0 unspecified atom stereocenters. The van der Waals surface area contributed by atoms with Crippen molar-refractivity contribution in [3.63, 3.8) is 0 Å². The maximum atomic E-state index is 13.0. The van der Waals surface area contributed by atoms with Gasteiger partial charge in [0, 0.05) is 0 Å². The van der Waals surface area contributed by atoms with Crippen LogP contribution in [0.1, 0.15) is 10.4 Å². The zero-order valence-electron chi connectivity index (χ0n) is 12.9. The van der Waals surface area contributed by atoms with Crippen LogP contribution in [-0.2, 0) is 0 Å². The molecule has 1 aromatic heterocycles. The van der Waals surface area contributed by atoms with Gasteiger partial charge in [-0.05, 0) is 30.3 Å². The third-order valence-corrected chi connectivity index (χ3v) is 3.56. The van der Waals surface area contributed by atoms with Gasteiger partial charge in [0.25, 0.3) is 11.8 Å². The van der Waals surface area contributed by atoms with Crippen LogP contribution in [0, 0.1) is 5.82 Å². The summed E-state index contributed by atoms with van der Waals surface area (Å²) in [6.07, 6.45) is 0. The van der Waals surface area contributed by atoms with Gasteiger partial charge in [-0.25, -0.2) is 19.1 Å². The molecule has 0 saturated heterocycles. The van der Waals surface area contributed by atoms with E-state index in [1.165, 1.54) is 6.07 Å². The van der Waals surface area contributed by atoms with Gasteiger partial charge in [0.1, 0.15) is 5.82 Å². The number of amides is 3. The quantitative estimate of drug-likeness (QED) is 0.649. The van der Waals surface area contributed by atoms with E-state index in [0.717, 1.165) is 18.2 Å². The summed E-state index contributed by atoms with van der Waals surface area (Å²) in [5.41, 5.74) is 0.515. The molecule has 132 valence electrons. The number of H-pyrrole nitrogens is 1. The number of hydrogen-bond acceptors (Lipinski definition) is 5. The molecule has 3 aromatic rings. The molecule has 0 saturated carbocycles. The fraction of sp³-hybridized carbons (Fsp3) is 0. The number of halogens is 2. The first-order chi connectivity index (χ1) is 12.4. The minimum absolute atomic E-state index is 0.0289. The number of urea groups is 1. The molecule has 26 heavy (non-hydrogen) atoms. The Bertz CT molecular complexity index is 1050. The predicted molar refractivity (Wildman–Crippen MR) is 90.5 cm³/mol. The number of nitrogens with zero attached hydrogens (tertiary/aromatic N) is 1. The predicted octanol–water partition coefficient (Wildman–Crippen LogP) is 2.78. The molecule has 0 aliphatic rings. The number of rotatable bonds is 3. The molecule has 0 aliphatic carbocycles. The lowest BCUT2D eigenvalue weighted by atomic mass is 10.2. The molecular weight excluding hydrogens is 367 g/mol. The summed E-state index contributed by atoms with van der Waals surface area (Å²) in [6, 6.07) is 8.68. The first-order valence-corrected chi connectivity index (χ1v) is 7.54. The SMILES string of the molecule is O=C(NC(=O)c1ccc(F)cc1Cl)Nc1ccccc1-c1n[nH]c(=O)o1. The highest BCUT2D eigenvalue weighted by molar-refractivity contribution is 6.34. The van der Waals surface area contributed by atoms with Crippen molar-refractivity contribution in [3.05, 3.63) is 69.4 Å². The molecule has 10 heteroatoms. The minimum atomic E-state index is -0.860. The molecule has 0 spiro atoms. The van der Waals surface area contributed by atoms with Gasteiger partial charge in [-0.1, -0.05) is 23.7 Å². The maximum Gasteiger partial charge on any atom is 0.434 e. The van der Waals surface area contributed by atoms with Crippen molar-refractivity contribution in [1.82, 2.24) is 15.5 Å². The number of hydrogen-bond donors (Lipinski definition) is 3. The van der Waals surface area contributed by atoms with Gasteiger partial charge >= 0.3 is 11.8 Å². The average molecular weight is 377 g/mol. The monoisotopic (exact) mass is 376 g/mol. The number of carbonyl (C=O) groups excluding carboxylic acids is 2. The molecule has 0 atom stereocenters. The number of para-hydroxylation sites is 1. The number of anilines is 1. The van der Waals surface area contributed by atoms with Crippen LogP contribution in [0.5, 0.6) is 0 Å². The molecule has 3 rings (SSSR count). The molecule has 0 fully saturated rings. The van der Waals surface area contributed by atoms with Crippen molar-refractivity contribution in [1.29, 1.82) is 0 Å². The molecule has 1 heterocycles. The van der Waals surface area contributed by atoms with Gasteiger partial charge < -0.3 is 9.73 Å². The van der Waals surface area contributed by atoms with Crippen molar-refractivity contribution in [2.75, 3.05) is 5.32 Å². The van der Waals surface area contributed by atoms with E-state index in [0.29, 0.717) is 5.56 Å². The fourth-order valence-electron chi connectivity index (χ4n) is 2.12. The smallest absolute Gasteiger partial charge is 0.388 e. The van der Waals surface area contributed by atoms with Crippen molar-refractivity contribution < 1.29 is 18.4 Å². The summed E-state index contributed by atoms with van der Waals surface area (Å²) >= 11 is 5.79. The number of aromatic nitrogens is 2. The molecule has 3 amide bonds. The second kappa shape index (κ2) is 7.19. The number of aromatic amines is 1. The summed E-state index contributed by atoms with van der Waals surface area (Å²) in [5, 5.41) is 10.2. The standard InChI is InChI=1S/C16H10ClFN4O4/c17-11-7-8(18)5-6-9(11)13(23)20-15(24)19-12-4-2-1-3-10(12)14-21-22-16(25)26-14/h1-7H,(H,22,25)(H2,19,20,23,24). The third kappa shape index (κ3) is 3.78. The summed E-state index contributed by atoms with van der Waals surface area (Å²) in [7, 11) is 0. The van der Waals surface area contributed by atoms with Crippen LogP contribution in [-0.4, -0.2) is 22.1 Å². The van der Waals surface area contributed by atoms with Crippen LogP contribution in [0.2, 0.25) is 5.02 Å². The van der Waals surface area contributed by atoms with E-state index < -0.39 is 23.5 Å². The Labute approximate surface area is 150 Å². The second-order valence-electron chi connectivity index (χ2n) is 5.00. The lowest BCUT2D eigenvalue weighted by molar-refractivity contribution is 0.0967. The van der Waals surface area contributed by atoms with Gasteiger partial charge in [-0.2, -0.15) is 0 Å². The number of nitrogens with one attached hydrogen (secondary N) is 3. The van der Waals surface area contributed by atoms with E-state index in [-0.39, 0.29) is 22.2 Å². The maximum absolute atomic E-state index is 13.0. The van der Waals surface area contributed by atoms with E-state index in [9.17, 15) is 18.8 Å². The van der Waals surface area contributed by atoms with Crippen LogP contribution in [0.15, 0.2) is 51.7 Å². The molecular formula is C16H10ClFN4O4. The van der Waals surface area contributed by atoms with Crippen LogP contribution in [0.25, 0.3) is 11.5 Å². The van der Waals surface area contributed by atoms with Crippen molar-refractivity contribution in [3.8, 4) is 11.5 Å². The highest BCUT2D eigenvalue weighted by Crippen LogP contribution is 2.25. The first-order valence-electron chi connectivity index (χ1n) is 7.16.